The summed E-state index contributed by atoms with van der Waals surface area (Å²) in [6.07, 6.45) is 3.72. The van der Waals surface area contributed by atoms with Gasteiger partial charge in [0.15, 0.2) is 5.78 Å². The van der Waals surface area contributed by atoms with E-state index in [-0.39, 0.29) is 5.78 Å². The quantitative estimate of drug-likeness (QED) is 0.674. The van der Waals surface area contributed by atoms with E-state index in [0.717, 1.165) is 24.1 Å². The van der Waals surface area contributed by atoms with Crippen LogP contribution in [-0.2, 0) is 4.79 Å². The van der Waals surface area contributed by atoms with Crippen molar-refractivity contribution < 1.29 is 4.79 Å². The summed E-state index contributed by atoms with van der Waals surface area (Å²) in [7, 11) is 0. The topological polar surface area (TPSA) is 29.4 Å². The minimum Gasteiger partial charge on any atom is -0.293 e. The third-order valence-corrected chi connectivity index (χ3v) is 2.40. The van der Waals surface area contributed by atoms with Crippen LogP contribution in [0.15, 0.2) is 28.9 Å². The van der Waals surface area contributed by atoms with E-state index >= 15 is 0 Å². The molecule has 0 aromatic carbocycles. The van der Waals surface area contributed by atoms with Gasteiger partial charge in [-0.05, 0) is 24.3 Å². The molecule has 0 bridgehead atoms. The van der Waals surface area contributed by atoms with Crippen molar-refractivity contribution in [1.29, 1.82) is 0 Å². The molecule has 0 amide bonds. The van der Waals surface area contributed by atoms with Crippen LogP contribution in [0.1, 0.15) is 33.6 Å². The first kappa shape index (κ1) is 10.9. The molecule has 0 saturated carbocycles. The second-order valence-electron chi connectivity index (χ2n) is 3.92. The number of hydrogen-bond acceptors (Lipinski definition) is 2. The number of aliphatic imine (C=N–C) groups is 1. The first-order valence-corrected chi connectivity index (χ1v) is 5.00. The molecular weight excluding hydrogens is 174 g/mol. The molecule has 14 heavy (non-hydrogen) atoms. The van der Waals surface area contributed by atoms with E-state index < -0.39 is 0 Å². The fourth-order valence-electron chi connectivity index (χ4n) is 1.38. The van der Waals surface area contributed by atoms with Gasteiger partial charge in [-0.1, -0.05) is 26.5 Å². The molecule has 0 N–H and O–H groups in total. The van der Waals surface area contributed by atoms with Gasteiger partial charge in [0, 0.05) is 12.6 Å². The number of Topliss-reactive ketones (excluding diaryl/α,β-unsaturated/α-hetero) is 1. The maximum Gasteiger partial charge on any atom is 0.177 e. The highest BCUT2D eigenvalue weighted by Crippen LogP contribution is 2.19. The number of carbonyl (C=O) groups excluding carboxylic acids is 1. The summed E-state index contributed by atoms with van der Waals surface area (Å²) in [5, 5.41) is 0. The van der Waals surface area contributed by atoms with Gasteiger partial charge in [-0.3, -0.25) is 4.79 Å². The van der Waals surface area contributed by atoms with Gasteiger partial charge in [-0.15, -0.1) is 0 Å². The van der Waals surface area contributed by atoms with Crippen molar-refractivity contribution in [2.24, 2.45) is 10.9 Å². The lowest BCUT2D eigenvalue weighted by Crippen LogP contribution is -2.12. The molecule has 0 aromatic rings. The van der Waals surface area contributed by atoms with E-state index in [1.807, 2.05) is 6.08 Å². The summed E-state index contributed by atoms with van der Waals surface area (Å²) < 4.78 is 0. The molecule has 1 aliphatic rings. The Hall–Kier alpha value is -1.18. The molecular formula is C12H17NO. The van der Waals surface area contributed by atoms with E-state index in [4.69, 9.17) is 0 Å². The molecule has 0 saturated heterocycles. The molecule has 1 rings (SSSR count). The molecule has 2 heteroatoms. The zero-order chi connectivity index (χ0) is 10.7. The summed E-state index contributed by atoms with van der Waals surface area (Å²) in [6, 6.07) is 0. The van der Waals surface area contributed by atoms with Crippen molar-refractivity contribution in [2.45, 2.75) is 33.6 Å². The SMILES string of the molecule is C=C(C1=NC(C(C)=O)=CCC1)C(C)C. The number of nitrogens with zero attached hydrogens (tertiary/aromatic N) is 1. The van der Waals surface area contributed by atoms with Gasteiger partial charge >= 0.3 is 0 Å². The lowest BCUT2D eigenvalue weighted by atomic mass is 9.95. The smallest absolute Gasteiger partial charge is 0.177 e. The molecule has 1 aliphatic heterocycles. The van der Waals surface area contributed by atoms with E-state index in [1.165, 1.54) is 0 Å². The van der Waals surface area contributed by atoms with E-state index in [2.05, 4.69) is 25.4 Å². The van der Waals surface area contributed by atoms with Crippen molar-refractivity contribution in [3.8, 4) is 0 Å². The van der Waals surface area contributed by atoms with Crippen molar-refractivity contribution in [1.82, 2.24) is 0 Å². The highest BCUT2D eigenvalue weighted by molar-refractivity contribution is 6.05. The molecule has 0 aromatic heterocycles. The number of allylic oxidation sites excluding steroid dienone is 3. The first-order valence-electron chi connectivity index (χ1n) is 5.00. The average molecular weight is 191 g/mol. The van der Waals surface area contributed by atoms with Crippen LogP contribution in [0.2, 0.25) is 0 Å². The number of carbonyl (C=O) groups is 1. The van der Waals surface area contributed by atoms with Gasteiger partial charge in [0.1, 0.15) is 5.70 Å². The van der Waals surface area contributed by atoms with Gasteiger partial charge < -0.3 is 0 Å². The summed E-state index contributed by atoms with van der Waals surface area (Å²) in [5.74, 6) is 0.443. The normalized spacial score (nSPS) is 16.3. The molecule has 0 atom stereocenters. The van der Waals surface area contributed by atoms with Crippen molar-refractivity contribution in [3.63, 3.8) is 0 Å². The summed E-state index contributed by atoms with van der Waals surface area (Å²) in [4.78, 5) is 15.5. The van der Waals surface area contributed by atoms with E-state index in [1.54, 1.807) is 6.92 Å². The summed E-state index contributed by atoms with van der Waals surface area (Å²) >= 11 is 0. The standard InChI is InChI=1S/C12H17NO/c1-8(2)9(3)11-6-5-7-12(13-11)10(4)14/h7-8H,3,5-6H2,1-2,4H3. The molecule has 0 aliphatic carbocycles. The number of hydrogen-bond donors (Lipinski definition) is 0. The van der Waals surface area contributed by atoms with E-state index in [9.17, 15) is 4.79 Å². The minimum atomic E-state index is 0.0405. The average Bonchev–Trinajstić information content (AvgIpc) is 2.16. The zero-order valence-corrected chi connectivity index (χ0v) is 9.13. The van der Waals surface area contributed by atoms with Crippen LogP contribution in [0.25, 0.3) is 0 Å². The number of ketones is 1. The molecule has 0 fully saturated rings. The maximum atomic E-state index is 11.1. The molecule has 76 valence electrons. The lowest BCUT2D eigenvalue weighted by Gasteiger charge is -2.15. The first-order chi connectivity index (χ1) is 6.52. The van der Waals surface area contributed by atoms with Crippen LogP contribution in [-0.4, -0.2) is 11.5 Å². The Bertz CT molecular complexity index is 321. The molecule has 1 heterocycles. The monoisotopic (exact) mass is 191 g/mol. The van der Waals surface area contributed by atoms with Crippen LogP contribution in [0, 0.1) is 5.92 Å². The van der Waals surface area contributed by atoms with E-state index in [0.29, 0.717) is 11.6 Å². The van der Waals surface area contributed by atoms with Gasteiger partial charge in [0.05, 0.1) is 0 Å². The zero-order valence-electron chi connectivity index (χ0n) is 9.13. The Morgan fingerprint density at radius 1 is 1.57 bits per heavy atom. The number of rotatable bonds is 3. The maximum absolute atomic E-state index is 11.1. The molecule has 0 spiro atoms. The molecule has 2 nitrogen and oxygen atoms in total. The Kier molecular flexibility index (Phi) is 3.39. The van der Waals surface area contributed by atoms with Gasteiger partial charge in [0.25, 0.3) is 0 Å². The van der Waals surface area contributed by atoms with Gasteiger partial charge in [-0.2, -0.15) is 0 Å². The highest BCUT2D eigenvalue weighted by atomic mass is 16.1. The third-order valence-electron chi connectivity index (χ3n) is 2.40. The largest absolute Gasteiger partial charge is 0.293 e. The summed E-state index contributed by atoms with van der Waals surface area (Å²) in [5.41, 5.74) is 2.64. The third kappa shape index (κ3) is 2.41. The van der Waals surface area contributed by atoms with Crippen LogP contribution < -0.4 is 0 Å². The Balaban J connectivity index is 2.87. The van der Waals surface area contributed by atoms with Crippen molar-refractivity contribution in [2.75, 3.05) is 0 Å². The van der Waals surface area contributed by atoms with Crippen molar-refractivity contribution in [3.05, 3.63) is 23.9 Å². The minimum absolute atomic E-state index is 0.0405. The lowest BCUT2D eigenvalue weighted by molar-refractivity contribution is -0.113. The van der Waals surface area contributed by atoms with Gasteiger partial charge in [0.2, 0.25) is 0 Å². The second kappa shape index (κ2) is 4.36. The fourth-order valence-corrected chi connectivity index (χ4v) is 1.38. The van der Waals surface area contributed by atoms with Crippen molar-refractivity contribution >= 4 is 11.5 Å². The Labute approximate surface area is 85.4 Å². The Morgan fingerprint density at radius 3 is 2.71 bits per heavy atom. The van der Waals surface area contributed by atoms with Crippen LogP contribution in [0.4, 0.5) is 0 Å². The van der Waals surface area contributed by atoms with Gasteiger partial charge in [-0.25, -0.2) is 4.99 Å². The summed E-state index contributed by atoms with van der Waals surface area (Å²) in [6.45, 7) is 9.74. The predicted molar refractivity (Wildman–Crippen MR) is 59.4 cm³/mol. The molecule has 0 radical (unpaired) electrons. The molecule has 0 unspecified atom stereocenters. The van der Waals surface area contributed by atoms with Crippen LogP contribution in [0.5, 0.6) is 0 Å². The highest BCUT2D eigenvalue weighted by Gasteiger charge is 2.14. The second-order valence-corrected chi connectivity index (χ2v) is 3.92. The predicted octanol–water partition coefficient (Wildman–Crippen LogP) is 2.91. The van der Waals surface area contributed by atoms with Crippen LogP contribution >= 0.6 is 0 Å². The fraction of sp³-hybridized carbons (Fsp3) is 0.500. The Morgan fingerprint density at radius 2 is 2.21 bits per heavy atom. The van der Waals surface area contributed by atoms with Crippen LogP contribution in [0.3, 0.4) is 0 Å².